The summed E-state index contributed by atoms with van der Waals surface area (Å²) in [6, 6.07) is 0. The van der Waals surface area contributed by atoms with Gasteiger partial charge < -0.3 is 9.79 Å². The molecule has 13 heavy (non-hydrogen) atoms. The summed E-state index contributed by atoms with van der Waals surface area (Å²) < 4.78 is 42.7. The number of rotatable bonds is 6. The van der Waals surface area contributed by atoms with E-state index in [0.717, 1.165) is 0 Å². The van der Waals surface area contributed by atoms with Crippen LogP contribution in [0.2, 0.25) is 0 Å². The highest BCUT2D eigenvalue weighted by atomic mass is 32.2. The highest BCUT2D eigenvalue weighted by Crippen LogP contribution is 2.35. The van der Waals surface area contributed by atoms with E-state index >= 15 is 0 Å². The van der Waals surface area contributed by atoms with Crippen molar-refractivity contribution in [1.82, 2.24) is 0 Å². The second-order valence-corrected chi connectivity index (χ2v) is 5.13. The molecule has 0 saturated heterocycles. The minimum Gasteiger partial charge on any atom is -0.303 e. The van der Waals surface area contributed by atoms with Crippen LogP contribution in [0.1, 0.15) is 12.8 Å². The maximum atomic E-state index is 10.2. The molecule has 3 N–H and O–H groups in total. The molecule has 0 aliphatic carbocycles. The van der Waals surface area contributed by atoms with Crippen LogP contribution in [-0.2, 0) is 19.2 Å². The molecule has 0 atom stereocenters. The minimum absolute atomic E-state index is 0.0961. The SMILES string of the molecule is O=P(O)(O)OCCCCS(=O)(=O)O. The van der Waals surface area contributed by atoms with E-state index < -0.39 is 23.7 Å². The van der Waals surface area contributed by atoms with Crippen molar-refractivity contribution in [3.8, 4) is 0 Å². The van der Waals surface area contributed by atoms with Gasteiger partial charge in [0, 0.05) is 0 Å². The van der Waals surface area contributed by atoms with E-state index in [9.17, 15) is 13.0 Å². The van der Waals surface area contributed by atoms with Gasteiger partial charge in [-0.25, -0.2) is 4.57 Å². The topological polar surface area (TPSA) is 121 Å². The Bertz CT molecular complexity index is 277. The fraction of sp³-hybridized carbons (Fsp3) is 1.00. The second-order valence-electron chi connectivity index (χ2n) is 2.32. The van der Waals surface area contributed by atoms with Crippen molar-refractivity contribution in [3.63, 3.8) is 0 Å². The van der Waals surface area contributed by atoms with Crippen LogP contribution in [0.15, 0.2) is 0 Å². The molecular weight excluding hydrogens is 223 g/mol. The first-order valence-corrected chi connectivity index (χ1v) is 6.50. The largest absolute Gasteiger partial charge is 0.469 e. The van der Waals surface area contributed by atoms with Gasteiger partial charge in [-0.2, -0.15) is 8.42 Å². The first-order valence-electron chi connectivity index (χ1n) is 3.36. The number of hydrogen-bond donors (Lipinski definition) is 3. The lowest BCUT2D eigenvalue weighted by Crippen LogP contribution is -2.04. The van der Waals surface area contributed by atoms with Crippen molar-refractivity contribution in [2.75, 3.05) is 12.4 Å². The normalized spacial score (nSPS) is 13.2. The predicted octanol–water partition coefficient (Wildman–Crippen LogP) is -0.236. The molecule has 0 aromatic rings. The van der Waals surface area contributed by atoms with Crippen LogP contribution in [0.5, 0.6) is 0 Å². The summed E-state index contributed by atoms with van der Waals surface area (Å²) in [5.41, 5.74) is 0. The smallest absolute Gasteiger partial charge is 0.303 e. The molecule has 0 radical (unpaired) electrons. The monoisotopic (exact) mass is 234 g/mol. The average Bonchev–Trinajstić information content (AvgIpc) is 1.81. The third kappa shape index (κ3) is 12.0. The van der Waals surface area contributed by atoms with E-state index in [-0.39, 0.29) is 19.4 Å². The molecule has 0 fully saturated rings. The molecule has 0 aliphatic rings. The number of phosphoric ester groups is 1. The van der Waals surface area contributed by atoms with Crippen molar-refractivity contribution in [2.45, 2.75) is 12.8 Å². The van der Waals surface area contributed by atoms with Gasteiger partial charge in [0.25, 0.3) is 10.1 Å². The molecule has 0 unspecified atom stereocenters. The molecule has 0 heterocycles. The van der Waals surface area contributed by atoms with E-state index in [2.05, 4.69) is 4.52 Å². The van der Waals surface area contributed by atoms with E-state index in [1.807, 2.05) is 0 Å². The molecule has 7 nitrogen and oxygen atoms in total. The van der Waals surface area contributed by atoms with Crippen molar-refractivity contribution in [2.24, 2.45) is 0 Å². The zero-order chi connectivity index (χ0) is 10.5. The minimum atomic E-state index is -4.46. The maximum absolute atomic E-state index is 10.2. The molecule has 0 aromatic heterocycles. The molecule has 0 saturated carbocycles. The number of phosphoric acid groups is 1. The van der Waals surface area contributed by atoms with Crippen LogP contribution in [0, 0.1) is 0 Å². The van der Waals surface area contributed by atoms with Crippen LogP contribution >= 0.6 is 7.82 Å². The van der Waals surface area contributed by atoms with Crippen molar-refractivity contribution in [1.29, 1.82) is 0 Å². The van der Waals surface area contributed by atoms with Crippen LogP contribution in [-0.4, -0.2) is 35.1 Å². The van der Waals surface area contributed by atoms with Crippen molar-refractivity contribution < 1.29 is 31.8 Å². The molecular formula is C4H11O7PS. The Morgan fingerprint density at radius 3 is 2.15 bits per heavy atom. The highest BCUT2D eigenvalue weighted by molar-refractivity contribution is 7.85. The van der Waals surface area contributed by atoms with E-state index in [0.29, 0.717) is 0 Å². The number of unbranched alkanes of at least 4 members (excludes halogenated alkanes) is 1. The fourth-order valence-electron chi connectivity index (χ4n) is 0.570. The Morgan fingerprint density at radius 2 is 1.77 bits per heavy atom. The van der Waals surface area contributed by atoms with Gasteiger partial charge >= 0.3 is 7.82 Å². The Morgan fingerprint density at radius 1 is 1.23 bits per heavy atom. The van der Waals surface area contributed by atoms with Gasteiger partial charge in [-0.1, -0.05) is 0 Å². The molecule has 0 spiro atoms. The second kappa shape index (κ2) is 5.04. The summed E-state index contributed by atoms with van der Waals surface area (Å²) in [5, 5.41) is 0. The first kappa shape index (κ1) is 13.0. The molecule has 80 valence electrons. The molecule has 0 aliphatic heterocycles. The summed E-state index contributed by atoms with van der Waals surface area (Å²) >= 11 is 0. The standard InChI is InChI=1S/C4H11O7PS/c5-12(6,7)11-3-1-2-4-13(8,9)10/h1-4H2,(H2,5,6,7)(H,8,9,10). The van der Waals surface area contributed by atoms with Gasteiger partial charge in [0.15, 0.2) is 0 Å². The van der Waals surface area contributed by atoms with Gasteiger partial charge in [0.05, 0.1) is 12.4 Å². The van der Waals surface area contributed by atoms with Crippen LogP contribution in [0.25, 0.3) is 0 Å². The molecule has 0 bridgehead atoms. The summed E-state index contributed by atoms with van der Waals surface area (Å²) in [6.07, 6.45) is 0.254. The zero-order valence-corrected chi connectivity index (χ0v) is 8.37. The molecule has 9 heteroatoms. The van der Waals surface area contributed by atoms with Gasteiger partial charge in [0.1, 0.15) is 0 Å². The summed E-state index contributed by atoms with van der Waals surface area (Å²) in [7, 11) is -8.45. The molecule has 0 aromatic carbocycles. The van der Waals surface area contributed by atoms with Crippen molar-refractivity contribution in [3.05, 3.63) is 0 Å². The first-order chi connectivity index (χ1) is 5.71. The fourth-order valence-corrected chi connectivity index (χ4v) is 1.51. The summed E-state index contributed by atoms with van der Waals surface area (Å²) in [4.78, 5) is 16.4. The molecule has 0 rings (SSSR count). The van der Waals surface area contributed by atoms with Crippen LogP contribution in [0.3, 0.4) is 0 Å². The van der Waals surface area contributed by atoms with Gasteiger partial charge in [0.2, 0.25) is 0 Å². The van der Waals surface area contributed by atoms with Crippen LogP contribution < -0.4 is 0 Å². The Kier molecular flexibility index (Phi) is 5.05. The Hall–Kier alpha value is 0.0200. The molecule has 0 amide bonds. The highest BCUT2D eigenvalue weighted by Gasteiger charge is 2.13. The van der Waals surface area contributed by atoms with Gasteiger partial charge in [-0.05, 0) is 12.8 Å². The van der Waals surface area contributed by atoms with E-state index in [1.165, 1.54) is 0 Å². The number of hydrogen-bond acceptors (Lipinski definition) is 4. The average molecular weight is 234 g/mol. The maximum Gasteiger partial charge on any atom is 0.469 e. The van der Waals surface area contributed by atoms with Gasteiger partial charge in [-0.3, -0.25) is 9.08 Å². The van der Waals surface area contributed by atoms with Gasteiger partial charge in [-0.15, -0.1) is 0 Å². The zero-order valence-electron chi connectivity index (χ0n) is 6.66. The van der Waals surface area contributed by atoms with Crippen LogP contribution in [0.4, 0.5) is 0 Å². The quantitative estimate of drug-likeness (QED) is 0.329. The Balaban J connectivity index is 3.44. The van der Waals surface area contributed by atoms with Crippen molar-refractivity contribution >= 4 is 17.9 Å². The Labute approximate surface area is 75.7 Å². The third-order valence-electron chi connectivity index (χ3n) is 1.06. The lowest BCUT2D eigenvalue weighted by atomic mass is 10.4. The lowest BCUT2D eigenvalue weighted by Gasteiger charge is -2.03. The summed E-state index contributed by atoms with van der Waals surface area (Å²) in [6.45, 7) is -0.236. The van der Waals surface area contributed by atoms with E-state index in [1.54, 1.807) is 0 Å². The lowest BCUT2D eigenvalue weighted by molar-refractivity contribution is 0.194. The predicted molar refractivity (Wildman–Crippen MR) is 43.6 cm³/mol. The summed E-state index contributed by atoms with van der Waals surface area (Å²) in [5.74, 6) is -0.433. The van der Waals surface area contributed by atoms with E-state index in [4.69, 9.17) is 14.3 Å². The third-order valence-corrected chi connectivity index (χ3v) is 2.38.